The maximum Gasteiger partial charge on any atom is 0.411 e. The molecule has 210 valence electrons. The Morgan fingerprint density at radius 2 is 1.57 bits per heavy atom. The van der Waals surface area contributed by atoms with Crippen LogP contribution in [0.4, 0.5) is 27.5 Å². The average molecular weight is 584 g/mol. The summed E-state index contributed by atoms with van der Waals surface area (Å²) in [6.45, 7) is 0.863. The molecule has 0 aliphatic carbocycles. The number of hydrogen-bond donors (Lipinski definition) is 3. The molecule has 12 heteroatoms. The van der Waals surface area contributed by atoms with Crippen LogP contribution in [-0.2, 0) is 19.6 Å². The molecule has 0 bridgehead atoms. The molecule has 1 aliphatic heterocycles. The van der Waals surface area contributed by atoms with Gasteiger partial charge in [0.2, 0.25) is 10.0 Å². The van der Waals surface area contributed by atoms with Crippen molar-refractivity contribution in [3.63, 3.8) is 0 Å². The van der Waals surface area contributed by atoms with E-state index in [9.17, 15) is 18.0 Å². The summed E-state index contributed by atoms with van der Waals surface area (Å²) in [6, 6.07) is 19.0. The number of rotatable bonds is 9. The van der Waals surface area contributed by atoms with Crippen molar-refractivity contribution >= 4 is 67.6 Å². The van der Waals surface area contributed by atoms with Gasteiger partial charge in [0.1, 0.15) is 0 Å². The Kier molecular flexibility index (Phi) is 8.67. The van der Waals surface area contributed by atoms with Gasteiger partial charge in [-0.15, -0.1) is 0 Å². The molecular formula is C28H30ClN5O5S. The molecule has 3 aromatic carbocycles. The molecule has 0 atom stereocenters. The zero-order chi connectivity index (χ0) is 29.0. The number of methoxy groups -OCH3 is 1. The number of hydrogen-bond acceptors (Lipinski definition) is 7. The summed E-state index contributed by atoms with van der Waals surface area (Å²) in [5.74, 6) is -0.305. The number of sulfonamides is 1. The van der Waals surface area contributed by atoms with Gasteiger partial charge in [0.15, 0.2) is 0 Å². The van der Waals surface area contributed by atoms with Crippen LogP contribution in [0, 0.1) is 0 Å². The SMILES string of the molecule is COC(=O)Nc1ccc(C(Nc2ccc(N(CCN(C)C)S(C)(=O)=O)cc2)=C2C(=O)Nc3cc(Cl)ccc32)cc1. The lowest BCUT2D eigenvalue weighted by Crippen LogP contribution is -2.35. The maximum atomic E-state index is 13.2. The van der Waals surface area contributed by atoms with E-state index in [1.54, 1.807) is 66.7 Å². The molecule has 0 fully saturated rings. The molecule has 1 aliphatic rings. The van der Waals surface area contributed by atoms with Gasteiger partial charge in [0.25, 0.3) is 5.91 Å². The van der Waals surface area contributed by atoms with Gasteiger partial charge in [-0.2, -0.15) is 0 Å². The van der Waals surface area contributed by atoms with E-state index in [1.807, 2.05) is 19.0 Å². The second-order valence-corrected chi connectivity index (χ2v) is 11.7. The van der Waals surface area contributed by atoms with Crippen molar-refractivity contribution in [1.82, 2.24) is 4.90 Å². The monoisotopic (exact) mass is 583 g/mol. The van der Waals surface area contributed by atoms with Gasteiger partial charge in [-0.25, -0.2) is 13.2 Å². The van der Waals surface area contributed by atoms with Crippen LogP contribution >= 0.6 is 11.6 Å². The lowest BCUT2D eigenvalue weighted by atomic mass is 9.99. The third-order valence-corrected chi connectivity index (χ3v) is 7.59. The van der Waals surface area contributed by atoms with Gasteiger partial charge in [-0.1, -0.05) is 29.8 Å². The van der Waals surface area contributed by atoms with Crippen molar-refractivity contribution in [1.29, 1.82) is 0 Å². The highest BCUT2D eigenvalue weighted by molar-refractivity contribution is 7.92. The van der Waals surface area contributed by atoms with Crippen LogP contribution in [0.3, 0.4) is 0 Å². The lowest BCUT2D eigenvalue weighted by molar-refractivity contribution is -0.110. The quantitative estimate of drug-likeness (QED) is 0.310. The smallest absolute Gasteiger partial charge is 0.411 e. The molecule has 0 spiro atoms. The van der Waals surface area contributed by atoms with Crippen molar-refractivity contribution in [3.8, 4) is 0 Å². The van der Waals surface area contributed by atoms with E-state index in [0.29, 0.717) is 63.3 Å². The number of halogens is 1. The number of carbonyl (C=O) groups excluding carboxylic acids is 2. The first-order valence-electron chi connectivity index (χ1n) is 12.3. The summed E-state index contributed by atoms with van der Waals surface area (Å²) in [7, 11) is 1.55. The summed E-state index contributed by atoms with van der Waals surface area (Å²) in [5.41, 5.74) is 4.56. The summed E-state index contributed by atoms with van der Waals surface area (Å²) in [5, 5.41) is 9.31. The average Bonchev–Trinajstić information content (AvgIpc) is 3.22. The van der Waals surface area contributed by atoms with Crippen LogP contribution in [0.15, 0.2) is 66.7 Å². The Hall–Kier alpha value is -4.06. The first-order chi connectivity index (χ1) is 19.0. The summed E-state index contributed by atoms with van der Waals surface area (Å²) in [6.07, 6.45) is 0.581. The molecule has 1 heterocycles. The molecule has 0 saturated carbocycles. The molecule has 0 unspecified atom stereocenters. The van der Waals surface area contributed by atoms with Gasteiger partial charge >= 0.3 is 6.09 Å². The predicted octanol–water partition coefficient (Wildman–Crippen LogP) is 4.78. The van der Waals surface area contributed by atoms with Crippen molar-refractivity contribution in [2.75, 3.05) is 60.8 Å². The van der Waals surface area contributed by atoms with Crippen molar-refractivity contribution in [2.45, 2.75) is 0 Å². The van der Waals surface area contributed by atoms with Crippen molar-refractivity contribution in [2.24, 2.45) is 0 Å². The number of nitrogens with one attached hydrogen (secondary N) is 3. The third kappa shape index (κ3) is 6.74. The highest BCUT2D eigenvalue weighted by Crippen LogP contribution is 2.39. The van der Waals surface area contributed by atoms with E-state index in [-0.39, 0.29) is 5.91 Å². The van der Waals surface area contributed by atoms with Gasteiger partial charge in [0, 0.05) is 35.1 Å². The second kappa shape index (κ2) is 12.0. The van der Waals surface area contributed by atoms with Crippen LogP contribution in [0.1, 0.15) is 11.1 Å². The van der Waals surface area contributed by atoms with E-state index in [4.69, 9.17) is 11.6 Å². The van der Waals surface area contributed by atoms with Gasteiger partial charge < -0.3 is 20.3 Å². The normalized spacial score (nSPS) is 13.9. The van der Waals surface area contributed by atoms with Gasteiger partial charge in [0.05, 0.1) is 36.0 Å². The predicted molar refractivity (Wildman–Crippen MR) is 160 cm³/mol. The Morgan fingerprint density at radius 3 is 2.17 bits per heavy atom. The number of fused-ring (bicyclic) bond motifs is 1. The Balaban J connectivity index is 1.73. The molecule has 2 amide bonds. The molecule has 40 heavy (non-hydrogen) atoms. The minimum atomic E-state index is -3.49. The van der Waals surface area contributed by atoms with Gasteiger partial charge in [-0.3, -0.25) is 14.4 Å². The van der Waals surface area contributed by atoms with E-state index in [1.165, 1.54) is 17.7 Å². The second-order valence-electron chi connectivity index (χ2n) is 9.40. The fourth-order valence-electron chi connectivity index (χ4n) is 4.19. The van der Waals surface area contributed by atoms with E-state index < -0.39 is 16.1 Å². The van der Waals surface area contributed by atoms with Crippen LogP contribution in [0.25, 0.3) is 11.3 Å². The zero-order valence-electron chi connectivity index (χ0n) is 22.5. The largest absolute Gasteiger partial charge is 0.453 e. The first kappa shape index (κ1) is 28.9. The minimum absolute atomic E-state index is 0.305. The summed E-state index contributed by atoms with van der Waals surface area (Å²) < 4.78 is 30.9. The molecular weight excluding hydrogens is 554 g/mol. The maximum absolute atomic E-state index is 13.2. The summed E-state index contributed by atoms with van der Waals surface area (Å²) >= 11 is 6.15. The van der Waals surface area contributed by atoms with Crippen molar-refractivity contribution in [3.05, 3.63) is 82.9 Å². The van der Waals surface area contributed by atoms with E-state index in [2.05, 4.69) is 20.7 Å². The number of ether oxygens (including phenoxy) is 1. The molecule has 0 aromatic heterocycles. The number of anilines is 4. The van der Waals surface area contributed by atoms with Crippen molar-refractivity contribution < 1.29 is 22.7 Å². The molecule has 0 saturated heterocycles. The topological polar surface area (TPSA) is 120 Å². The zero-order valence-corrected chi connectivity index (χ0v) is 24.1. The van der Waals surface area contributed by atoms with Crippen LogP contribution in [0.5, 0.6) is 0 Å². The van der Waals surface area contributed by atoms with Crippen LogP contribution in [0.2, 0.25) is 5.02 Å². The van der Waals surface area contributed by atoms with Gasteiger partial charge in [-0.05, 0) is 68.2 Å². The Bertz CT molecular complexity index is 1550. The number of nitrogens with zero attached hydrogens (tertiary/aromatic N) is 2. The first-order valence-corrected chi connectivity index (χ1v) is 14.5. The molecule has 10 nitrogen and oxygen atoms in total. The summed E-state index contributed by atoms with van der Waals surface area (Å²) in [4.78, 5) is 26.7. The van der Waals surface area contributed by atoms with Crippen LogP contribution < -0.4 is 20.3 Å². The molecule has 0 radical (unpaired) electrons. The van der Waals surface area contributed by atoms with E-state index in [0.717, 1.165) is 0 Å². The molecule has 3 N–H and O–H groups in total. The minimum Gasteiger partial charge on any atom is -0.453 e. The van der Waals surface area contributed by atoms with E-state index >= 15 is 0 Å². The molecule has 4 rings (SSSR count). The third-order valence-electron chi connectivity index (χ3n) is 6.16. The Morgan fingerprint density at radius 1 is 0.950 bits per heavy atom. The standard InChI is InChI=1S/C28H30ClN5O5S/c1-33(2)15-16-34(40(4,37)38)22-12-10-20(11-13-22)30-26(18-5-8-21(9-6-18)31-28(36)39-3)25-23-14-7-19(29)17-24(23)32-27(25)35/h5-14,17,30H,15-16H2,1-4H3,(H,31,36)(H,32,35). The fourth-order valence-corrected chi connectivity index (χ4v) is 5.28. The number of carbonyl (C=O) groups is 2. The highest BCUT2D eigenvalue weighted by atomic mass is 35.5. The highest BCUT2D eigenvalue weighted by Gasteiger charge is 2.29. The Labute approximate surface area is 238 Å². The number of amides is 2. The van der Waals surface area contributed by atoms with Crippen LogP contribution in [-0.4, -0.2) is 65.9 Å². The number of benzene rings is 3. The fraction of sp³-hybridized carbons (Fsp3) is 0.214. The molecule has 3 aromatic rings. The lowest BCUT2D eigenvalue weighted by Gasteiger charge is -2.24. The number of likely N-dealkylation sites (N-methyl/N-ethyl adjacent to an activating group) is 1.